The Balaban J connectivity index is 2.20. The van der Waals surface area contributed by atoms with Gasteiger partial charge in [-0.15, -0.1) is 6.58 Å². The average molecular weight is 328 g/mol. The van der Waals surface area contributed by atoms with Crippen LogP contribution in [-0.4, -0.2) is 5.78 Å². The molecule has 0 saturated carbocycles. The fourth-order valence-corrected chi connectivity index (χ4v) is 3.40. The fourth-order valence-electron chi connectivity index (χ4n) is 2.77. The van der Waals surface area contributed by atoms with Gasteiger partial charge in [-0.1, -0.05) is 52.3 Å². The smallest absolute Gasteiger partial charge is 0.195 e. The van der Waals surface area contributed by atoms with Gasteiger partial charge in [0.05, 0.1) is 0 Å². The molecular formula is C17H14BrNO. The van der Waals surface area contributed by atoms with Crippen LogP contribution in [0.5, 0.6) is 0 Å². The van der Waals surface area contributed by atoms with Crippen molar-refractivity contribution in [2.45, 2.75) is 12.0 Å². The Morgan fingerprint density at radius 2 is 1.85 bits per heavy atom. The molecule has 100 valence electrons. The number of carbonyl (C=O) groups excluding carboxylic acids is 1. The Morgan fingerprint density at radius 3 is 2.55 bits per heavy atom. The van der Waals surface area contributed by atoms with Crippen LogP contribution in [0.25, 0.3) is 0 Å². The van der Waals surface area contributed by atoms with E-state index >= 15 is 0 Å². The zero-order chi connectivity index (χ0) is 14.2. The average Bonchev–Trinajstić information content (AvgIpc) is 2.74. The van der Waals surface area contributed by atoms with E-state index in [2.05, 4.69) is 27.8 Å². The Morgan fingerprint density at radius 1 is 1.15 bits per heavy atom. The zero-order valence-electron chi connectivity index (χ0n) is 10.9. The van der Waals surface area contributed by atoms with Crippen molar-refractivity contribution >= 4 is 27.4 Å². The minimum atomic E-state index is -0.758. The van der Waals surface area contributed by atoms with Crippen molar-refractivity contribution in [3.8, 4) is 0 Å². The topological polar surface area (TPSA) is 29.1 Å². The van der Waals surface area contributed by atoms with Crippen LogP contribution < -0.4 is 5.32 Å². The zero-order valence-corrected chi connectivity index (χ0v) is 12.5. The second-order valence-corrected chi connectivity index (χ2v) is 5.73. The number of halogens is 1. The number of hydrogen-bond acceptors (Lipinski definition) is 2. The van der Waals surface area contributed by atoms with E-state index in [1.165, 1.54) is 0 Å². The summed E-state index contributed by atoms with van der Waals surface area (Å²) in [5, 5.41) is 3.40. The van der Waals surface area contributed by atoms with E-state index in [9.17, 15) is 4.79 Å². The molecule has 20 heavy (non-hydrogen) atoms. The van der Waals surface area contributed by atoms with Gasteiger partial charge in [0.25, 0.3) is 0 Å². The highest BCUT2D eigenvalue weighted by molar-refractivity contribution is 9.10. The van der Waals surface area contributed by atoms with Gasteiger partial charge in [-0.05, 0) is 30.2 Å². The number of Topliss-reactive ketones (excluding diaryl/α,β-unsaturated/α-hetero) is 1. The minimum absolute atomic E-state index is 0.0971. The third kappa shape index (κ3) is 1.81. The van der Waals surface area contributed by atoms with Crippen LogP contribution >= 0.6 is 15.9 Å². The lowest BCUT2D eigenvalue weighted by Crippen LogP contribution is -2.38. The van der Waals surface area contributed by atoms with E-state index in [4.69, 9.17) is 0 Å². The van der Waals surface area contributed by atoms with E-state index in [0.717, 1.165) is 21.3 Å². The van der Waals surface area contributed by atoms with E-state index in [1.54, 1.807) is 6.08 Å². The number of benzene rings is 2. The van der Waals surface area contributed by atoms with Crippen LogP contribution in [0.4, 0.5) is 5.69 Å². The standard InChI is InChI=1S/C17H14BrNO/c1-2-11-17(13-8-4-5-9-14(13)18)16(20)12-7-3-6-10-15(12)19-17/h2-10,19H,1,11H2. The molecule has 0 saturated heterocycles. The summed E-state index contributed by atoms with van der Waals surface area (Å²) in [6, 6.07) is 15.5. The highest BCUT2D eigenvalue weighted by Gasteiger charge is 2.46. The van der Waals surface area contributed by atoms with Crippen molar-refractivity contribution in [2.24, 2.45) is 0 Å². The van der Waals surface area contributed by atoms with E-state index in [1.807, 2.05) is 48.5 Å². The monoisotopic (exact) mass is 327 g/mol. The van der Waals surface area contributed by atoms with Gasteiger partial charge in [-0.25, -0.2) is 0 Å². The molecule has 1 heterocycles. The summed E-state index contributed by atoms with van der Waals surface area (Å²) in [5.41, 5.74) is 1.81. The Bertz CT molecular complexity index is 695. The lowest BCUT2D eigenvalue weighted by Gasteiger charge is -2.29. The summed E-state index contributed by atoms with van der Waals surface area (Å²) in [5.74, 6) is 0.0971. The molecule has 2 aromatic rings. The summed E-state index contributed by atoms with van der Waals surface area (Å²) < 4.78 is 0.926. The van der Waals surface area contributed by atoms with Crippen molar-refractivity contribution in [2.75, 3.05) is 5.32 Å². The van der Waals surface area contributed by atoms with Crippen LogP contribution in [0.2, 0.25) is 0 Å². The maximum absolute atomic E-state index is 12.9. The number of carbonyl (C=O) groups is 1. The molecule has 1 atom stereocenters. The molecule has 0 aliphatic carbocycles. The number of hydrogen-bond donors (Lipinski definition) is 1. The summed E-state index contributed by atoms with van der Waals surface area (Å²) in [7, 11) is 0. The lowest BCUT2D eigenvalue weighted by atomic mass is 9.83. The highest BCUT2D eigenvalue weighted by Crippen LogP contribution is 2.43. The van der Waals surface area contributed by atoms with Crippen LogP contribution in [0.1, 0.15) is 22.3 Å². The molecule has 0 spiro atoms. The van der Waals surface area contributed by atoms with E-state index in [-0.39, 0.29) is 5.78 Å². The first-order valence-electron chi connectivity index (χ1n) is 6.47. The maximum atomic E-state index is 12.9. The largest absolute Gasteiger partial charge is 0.368 e. The summed E-state index contributed by atoms with van der Waals surface area (Å²) >= 11 is 3.56. The molecule has 2 nitrogen and oxygen atoms in total. The predicted molar refractivity (Wildman–Crippen MR) is 85.0 cm³/mol. The van der Waals surface area contributed by atoms with Crippen molar-refractivity contribution in [1.29, 1.82) is 0 Å². The van der Waals surface area contributed by atoms with Gasteiger partial charge in [0, 0.05) is 15.7 Å². The number of para-hydroxylation sites is 1. The van der Waals surface area contributed by atoms with Crippen molar-refractivity contribution < 1.29 is 4.79 Å². The minimum Gasteiger partial charge on any atom is -0.368 e. The van der Waals surface area contributed by atoms with Gasteiger partial charge in [0.1, 0.15) is 5.54 Å². The summed E-state index contributed by atoms with van der Waals surface area (Å²) in [6.45, 7) is 3.81. The highest BCUT2D eigenvalue weighted by atomic mass is 79.9. The second-order valence-electron chi connectivity index (χ2n) is 4.88. The van der Waals surface area contributed by atoms with Gasteiger partial charge < -0.3 is 5.32 Å². The molecule has 3 rings (SSSR count). The molecule has 0 fully saturated rings. The Labute approximate surface area is 126 Å². The van der Waals surface area contributed by atoms with Crippen LogP contribution in [0.15, 0.2) is 65.7 Å². The third-order valence-electron chi connectivity index (χ3n) is 3.69. The molecule has 1 aliphatic rings. The van der Waals surface area contributed by atoms with Crippen molar-refractivity contribution in [1.82, 2.24) is 0 Å². The summed E-state index contributed by atoms with van der Waals surface area (Å²) in [4.78, 5) is 12.9. The molecule has 2 aromatic carbocycles. The molecule has 0 aromatic heterocycles. The van der Waals surface area contributed by atoms with Gasteiger partial charge in [0.15, 0.2) is 5.78 Å². The molecule has 0 amide bonds. The van der Waals surface area contributed by atoms with Crippen LogP contribution in [0.3, 0.4) is 0 Å². The Hall–Kier alpha value is -1.87. The van der Waals surface area contributed by atoms with Gasteiger partial charge >= 0.3 is 0 Å². The van der Waals surface area contributed by atoms with Crippen molar-refractivity contribution in [3.05, 3.63) is 76.8 Å². The van der Waals surface area contributed by atoms with Crippen LogP contribution in [-0.2, 0) is 5.54 Å². The van der Waals surface area contributed by atoms with E-state index in [0.29, 0.717) is 6.42 Å². The number of ketones is 1. The van der Waals surface area contributed by atoms with Gasteiger partial charge in [-0.2, -0.15) is 0 Å². The lowest BCUT2D eigenvalue weighted by molar-refractivity contribution is 0.0918. The van der Waals surface area contributed by atoms with Crippen LogP contribution in [0, 0.1) is 0 Å². The fraction of sp³-hybridized carbons (Fsp3) is 0.118. The molecular weight excluding hydrogens is 314 g/mol. The first-order valence-corrected chi connectivity index (χ1v) is 7.26. The number of fused-ring (bicyclic) bond motifs is 1. The molecule has 1 N–H and O–H groups in total. The number of anilines is 1. The van der Waals surface area contributed by atoms with Gasteiger partial charge in [-0.3, -0.25) is 4.79 Å². The first kappa shape index (κ1) is 13.1. The predicted octanol–water partition coefficient (Wildman–Crippen LogP) is 4.53. The third-order valence-corrected chi connectivity index (χ3v) is 4.38. The quantitative estimate of drug-likeness (QED) is 0.839. The summed E-state index contributed by atoms with van der Waals surface area (Å²) in [6.07, 6.45) is 2.33. The molecule has 0 radical (unpaired) electrons. The molecule has 1 aliphatic heterocycles. The first-order chi connectivity index (χ1) is 9.69. The normalized spacial score (nSPS) is 20.4. The second kappa shape index (κ2) is 4.91. The maximum Gasteiger partial charge on any atom is 0.195 e. The number of nitrogens with one attached hydrogen (secondary N) is 1. The van der Waals surface area contributed by atoms with Gasteiger partial charge in [0.2, 0.25) is 0 Å². The molecule has 0 bridgehead atoms. The number of rotatable bonds is 3. The SMILES string of the molecule is C=CCC1(c2ccccc2Br)Nc2ccccc2C1=O. The van der Waals surface area contributed by atoms with Crippen molar-refractivity contribution in [3.63, 3.8) is 0 Å². The molecule has 3 heteroatoms. The molecule has 1 unspecified atom stereocenters. The van der Waals surface area contributed by atoms with E-state index < -0.39 is 5.54 Å². The Kier molecular flexibility index (Phi) is 3.22.